The maximum Gasteiger partial charge on any atom is 0.284 e. The number of ether oxygens (including phenoxy) is 2. The first-order chi connectivity index (χ1) is 14.0. The minimum atomic E-state index is -0.771. The number of nitrogens with zero attached hydrogens (tertiary/aromatic N) is 1. The van der Waals surface area contributed by atoms with Crippen molar-refractivity contribution in [2.75, 3.05) is 6.61 Å². The smallest absolute Gasteiger partial charge is 0.284 e. The van der Waals surface area contributed by atoms with E-state index in [2.05, 4.69) is 52.1 Å². The van der Waals surface area contributed by atoms with Gasteiger partial charge in [-0.15, -0.1) is 0 Å². The molecule has 1 heterocycles. The van der Waals surface area contributed by atoms with Crippen LogP contribution in [0.3, 0.4) is 0 Å². The largest absolute Gasteiger partial charge is 0.507 e. The van der Waals surface area contributed by atoms with Gasteiger partial charge in [0.05, 0.1) is 6.21 Å². The van der Waals surface area contributed by atoms with E-state index in [1.807, 2.05) is 24.3 Å². The van der Waals surface area contributed by atoms with E-state index in [-0.39, 0.29) is 23.3 Å². The number of hydrogen-bond acceptors (Lipinski definition) is 5. The normalized spacial score (nSPS) is 16.5. The molecule has 1 aliphatic heterocycles. The van der Waals surface area contributed by atoms with Gasteiger partial charge in [0.15, 0.2) is 11.5 Å². The molecule has 6 heteroatoms. The quantitative estimate of drug-likeness (QED) is 0.585. The van der Waals surface area contributed by atoms with E-state index < -0.39 is 6.10 Å². The van der Waals surface area contributed by atoms with Crippen LogP contribution in [0, 0.1) is 0 Å². The number of phenols is 1. The van der Waals surface area contributed by atoms with Crippen LogP contribution in [-0.2, 0) is 15.6 Å². The Hall–Kier alpha value is -3.02. The average molecular weight is 411 g/mol. The third-order valence-corrected chi connectivity index (χ3v) is 4.94. The number of para-hydroxylation sites is 2. The molecule has 0 saturated carbocycles. The van der Waals surface area contributed by atoms with Crippen molar-refractivity contribution in [2.45, 2.75) is 58.5 Å². The lowest BCUT2D eigenvalue weighted by Gasteiger charge is -2.27. The lowest BCUT2D eigenvalue weighted by Crippen LogP contribution is -2.42. The van der Waals surface area contributed by atoms with Crippen LogP contribution in [0.2, 0.25) is 0 Å². The Labute approximate surface area is 177 Å². The summed E-state index contributed by atoms with van der Waals surface area (Å²) in [5, 5.41) is 14.9. The molecule has 6 nitrogen and oxygen atoms in total. The number of rotatable bonds is 3. The van der Waals surface area contributed by atoms with Crippen LogP contribution < -0.4 is 14.9 Å². The topological polar surface area (TPSA) is 80.2 Å². The first-order valence-electron chi connectivity index (χ1n) is 10.1. The van der Waals surface area contributed by atoms with Crippen LogP contribution in [0.4, 0.5) is 0 Å². The van der Waals surface area contributed by atoms with E-state index >= 15 is 0 Å². The molecule has 0 spiro atoms. The van der Waals surface area contributed by atoms with E-state index in [1.165, 1.54) is 0 Å². The highest BCUT2D eigenvalue weighted by Crippen LogP contribution is 2.39. The fourth-order valence-corrected chi connectivity index (χ4v) is 3.27. The Morgan fingerprint density at radius 2 is 1.63 bits per heavy atom. The summed E-state index contributed by atoms with van der Waals surface area (Å²) in [5.74, 6) is 1.09. The molecule has 0 unspecified atom stereocenters. The minimum absolute atomic E-state index is 0.125. The number of amides is 1. The second-order valence-electron chi connectivity index (χ2n) is 9.56. The third kappa shape index (κ3) is 4.75. The lowest BCUT2D eigenvalue weighted by atomic mass is 9.78. The second-order valence-corrected chi connectivity index (χ2v) is 9.56. The molecule has 2 aromatic carbocycles. The summed E-state index contributed by atoms with van der Waals surface area (Å²) in [4.78, 5) is 12.4. The average Bonchev–Trinajstić information content (AvgIpc) is 2.66. The van der Waals surface area contributed by atoms with Gasteiger partial charge in [0.1, 0.15) is 12.4 Å². The summed E-state index contributed by atoms with van der Waals surface area (Å²) in [5.41, 5.74) is 4.52. The summed E-state index contributed by atoms with van der Waals surface area (Å²) >= 11 is 0. The van der Waals surface area contributed by atoms with E-state index in [0.29, 0.717) is 17.2 Å². The van der Waals surface area contributed by atoms with Crippen molar-refractivity contribution in [3.63, 3.8) is 0 Å². The molecular formula is C24H30N2O4. The van der Waals surface area contributed by atoms with Crippen LogP contribution in [0.15, 0.2) is 41.5 Å². The Morgan fingerprint density at radius 1 is 1.07 bits per heavy atom. The van der Waals surface area contributed by atoms with Gasteiger partial charge in [0, 0.05) is 11.1 Å². The molecule has 3 rings (SSSR count). The highest BCUT2D eigenvalue weighted by Gasteiger charge is 2.28. The molecule has 1 atom stereocenters. The summed E-state index contributed by atoms with van der Waals surface area (Å²) in [6.07, 6.45) is 0.812. The number of phenolic OH excluding ortho intramolecular Hbond substituents is 1. The number of benzene rings is 2. The molecule has 0 saturated heterocycles. The van der Waals surface area contributed by atoms with Crippen molar-refractivity contribution in [3.8, 4) is 17.2 Å². The van der Waals surface area contributed by atoms with Gasteiger partial charge in [-0.3, -0.25) is 4.79 Å². The van der Waals surface area contributed by atoms with Crippen molar-refractivity contribution < 1.29 is 19.4 Å². The van der Waals surface area contributed by atoms with Crippen LogP contribution in [-0.4, -0.2) is 29.9 Å². The molecule has 0 aliphatic carbocycles. The zero-order valence-electron chi connectivity index (χ0n) is 18.4. The van der Waals surface area contributed by atoms with Gasteiger partial charge >= 0.3 is 0 Å². The van der Waals surface area contributed by atoms with Crippen molar-refractivity contribution in [1.82, 2.24) is 5.43 Å². The number of aromatic hydroxyl groups is 1. The summed E-state index contributed by atoms with van der Waals surface area (Å²) in [6, 6.07) is 11.0. The first kappa shape index (κ1) is 21.7. The summed E-state index contributed by atoms with van der Waals surface area (Å²) in [7, 11) is 0. The monoisotopic (exact) mass is 410 g/mol. The Morgan fingerprint density at radius 3 is 2.20 bits per heavy atom. The zero-order valence-corrected chi connectivity index (χ0v) is 18.4. The van der Waals surface area contributed by atoms with Gasteiger partial charge in [0.25, 0.3) is 5.91 Å². The Bertz CT molecular complexity index is 933. The molecule has 1 aliphatic rings. The number of fused-ring (bicyclic) bond motifs is 1. The van der Waals surface area contributed by atoms with E-state index in [1.54, 1.807) is 18.3 Å². The zero-order chi connectivity index (χ0) is 22.1. The van der Waals surface area contributed by atoms with E-state index in [9.17, 15) is 9.90 Å². The van der Waals surface area contributed by atoms with E-state index in [4.69, 9.17) is 9.47 Å². The van der Waals surface area contributed by atoms with Gasteiger partial charge in [-0.05, 0) is 40.7 Å². The maximum absolute atomic E-state index is 12.4. The lowest BCUT2D eigenvalue weighted by molar-refractivity contribution is -0.130. The molecule has 0 radical (unpaired) electrons. The molecule has 30 heavy (non-hydrogen) atoms. The number of hydrogen-bond donors (Lipinski definition) is 2. The SMILES string of the molecule is CC(C)(C)c1cc(/C=N\NC(=O)[C@@H]2COc3ccccc3O2)cc(C(C)(C)C)c1O. The van der Waals surface area contributed by atoms with Gasteiger partial charge in [-0.1, -0.05) is 53.7 Å². The molecular weight excluding hydrogens is 380 g/mol. The van der Waals surface area contributed by atoms with Crippen molar-refractivity contribution in [1.29, 1.82) is 0 Å². The Kier molecular flexibility index (Phi) is 5.79. The Balaban J connectivity index is 1.77. The third-order valence-electron chi connectivity index (χ3n) is 4.94. The molecule has 0 aromatic heterocycles. The standard InChI is InChI=1S/C24H30N2O4/c1-23(2,3)16-11-15(12-17(21(16)27)24(4,5)6)13-25-26-22(28)20-14-29-18-9-7-8-10-19(18)30-20/h7-13,20,27H,14H2,1-6H3,(H,26,28)/b25-13-/t20-/m0/s1. The molecule has 2 N–H and O–H groups in total. The predicted octanol–water partition coefficient (Wildman–Crippen LogP) is 4.28. The number of hydrazone groups is 1. The molecule has 2 aromatic rings. The van der Waals surface area contributed by atoms with Crippen LogP contribution in [0.5, 0.6) is 17.2 Å². The minimum Gasteiger partial charge on any atom is -0.507 e. The van der Waals surface area contributed by atoms with Crippen molar-refractivity contribution in [3.05, 3.63) is 53.1 Å². The molecule has 0 fully saturated rings. The molecule has 0 bridgehead atoms. The highest BCUT2D eigenvalue weighted by molar-refractivity contribution is 5.85. The fraction of sp³-hybridized carbons (Fsp3) is 0.417. The van der Waals surface area contributed by atoms with E-state index in [0.717, 1.165) is 16.7 Å². The van der Waals surface area contributed by atoms with Crippen LogP contribution >= 0.6 is 0 Å². The first-order valence-corrected chi connectivity index (χ1v) is 10.1. The summed E-state index contributed by atoms with van der Waals surface area (Å²) in [6.45, 7) is 12.4. The van der Waals surface area contributed by atoms with Crippen LogP contribution in [0.25, 0.3) is 0 Å². The predicted molar refractivity (Wildman–Crippen MR) is 118 cm³/mol. The van der Waals surface area contributed by atoms with Gasteiger partial charge in [-0.25, -0.2) is 5.43 Å². The number of carbonyl (C=O) groups excluding carboxylic acids is 1. The molecule has 160 valence electrons. The number of carbonyl (C=O) groups is 1. The fourth-order valence-electron chi connectivity index (χ4n) is 3.27. The highest BCUT2D eigenvalue weighted by atomic mass is 16.6. The van der Waals surface area contributed by atoms with Crippen molar-refractivity contribution in [2.24, 2.45) is 5.10 Å². The second kappa shape index (κ2) is 8.01. The maximum atomic E-state index is 12.4. The van der Waals surface area contributed by atoms with Gasteiger partial charge < -0.3 is 14.6 Å². The molecule has 1 amide bonds. The van der Waals surface area contributed by atoms with Gasteiger partial charge in [-0.2, -0.15) is 5.10 Å². The summed E-state index contributed by atoms with van der Waals surface area (Å²) < 4.78 is 11.3. The van der Waals surface area contributed by atoms with Gasteiger partial charge in [0.2, 0.25) is 6.10 Å². The van der Waals surface area contributed by atoms with Crippen molar-refractivity contribution >= 4 is 12.1 Å². The number of nitrogens with one attached hydrogen (secondary N) is 1. The van der Waals surface area contributed by atoms with Crippen LogP contribution in [0.1, 0.15) is 58.2 Å².